The SMILES string of the molecule is Cc1cnc(-c2noc(C3CCCN3c3ccc(C#N)cc3)n2)nc1. The van der Waals surface area contributed by atoms with Gasteiger partial charge in [0.05, 0.1) is 11.6 Å². The van der Waals surface area contributed by atoms with Gasteiger partial charge in [-0.2, -0.15) is 10.2 Å². The third kappa shape index (κ3) is 2.94. The highest BCUT2D eigenvalue weighted by molar-refractivity contribution is 5.52. The molecule has 0 bridgehead atoms. The van der Waals surface area contributed by atoms with Crippen LogP contribution in [-0.4, -0.2) is 26.7 Å². The standard InChI is InChI=1S/C18H16N6O/c1-12-10-20-16(21-11-12)17-22-18(25-23-17)15-3-2-8-24(15)14-6-4-13(9-19)5-7-14/h4-7,10-11,15H,2-3,8H2,1H3. The Hall–Kier alpha value is -3.27. The second kappa shape index (κ2) is 6.32. The molecule has 0 aliphatic carbocycles. The zero-order valence-corrected chi connectivity index (χ0v) is 13.8. The van der Waals surface area contributed by atoms with Crippen LogP contribution in [0.15, 0.2) is 41.2 Å². The first-order valence-electron chi connectivity index (χ1n) is 8.14. The van der Waals surface area contributed by atoms with Crippen LogP contribution < -0.4 is 4.90 Å². The number of nitriles is 1. The molecule has 0 spiro atoms. The predicted octanol–water partition coefficient (Wildman–Crippen LogP) is 3.05. The minimum atomic E-state index is 0.0274. The molecule has 3 aromatic rings. The van der Waals surface area contributed by atoms with Gasteiger partial charge in [0.15, 0.2) is 0 Å². The molecule has 25 heavy (non-hydrogen) atoms. The van der Waals surface area contributed by atoms with E-state index in [1.807, 2.05) is 31.2 Å². The van der Waals surface area contributed by atoms with Gasteiger partial charge in [-0.3, -0.25) is 0 Å². The third-order valence-electron chi connectivity index (χ3n) is 4.29. The summed E-state index contributed by atoms with van der Waals surface area (Å²) in [5.41, 5.74) is 2.68. The molecule has 1 unspecified atom stereocenters. The van der Waals surface area contributed by atoms with E-state index in [9.17, 15) is 0 Å². The van der Waals surface area contributed by atoms with Crippen LogP contribution in [0.25, 0.3) is 11.6 Å². The van der Waals surface area contributed by atoms with E-state index in [0.717, 1.165) is 30.6 Å². The Kier molecular flexibility index (Phi) is 3.86. The molecule has 0 amide bonds. The second-order valence-corrected chi connectivity index (χ2v) is 6.05. The molecule has 1 atom stereocenters. The molecular formula is C18H16N6O. The van der Waals surface area contributed by atoms with Crippen molar-refractivity contribution in [2.75, 3.05) is 11.4 Å². The van der Waals surface area contributed by atoms with Crippen molar-refractivity contribution in [3.63, 3.8) is 0 Å². The zero-order valence-electron chi connectivity index (χ0n) is 13.8. The highest BCUT2D eigenvalue weighted by Gasteiger charge is 2.31. The Balaban J connectivity index is 1.60. The van der Waals surface area contributed by atoms with Gasteiger partial charge >= 0.3 is 0 Å². The van der Waals surface area contributed by atoms with Gasteiger partial charge in [-0.25, -0.2) is 9.97 Å². The number of hydrogen-bond acceptors (Lipinski definition) is 7. The van der Waals surface area contributed by atoms with Gasteiger partial charge in [0.1, 0.15) is 6.04 Å². The fourth-order valence-corrected chi connectivity index (χ4v) is 3.03. The summed E-state index contributed by atoms with van der Waals surface area (Å²) >= 11 is 0. The molecular weight excluding hydrogens is 316 g/mol. The van der Waals surface area contributed by atoms with Crippen molar-refractivity contribution in [2.45, 2.75) is 25.8 Å². The lowest BCUT2D eigenvalue weighted by Gasteiger charge is -2.24. The number of aryl methyl sites for hydroxylation is 1. The maximum Gasteiger partial charge on any atom is 0.249 e. The summed E-state index contributed by atoms with van der Waals surface area (Å²) in [5, 5.41) is 13.0. The zero-order chi connectivity index (χ0) is 17.2. The molecule has 0 radical (unpaired) electrons. The van der Waals surface area contributed by atoms with Crippen LogP contribution in [0.5, 0.6) is 0 Å². The van der Waals surface area contributed by atoms with Crippen molar-refractivity contribution in [1.29, 1.82) is 5.26 Å². The molecule has 124 valence electrons. The van der Waals surface area contributed by atoms with E-state index in [1.165, 1.54) is 0 Å². The van der Waals surface area contributed by atoms with Crippen LogP contribution in [0.3, 0.4) is 0 Å². The Morgan fingerprint density at radius 2 is 1.92 bits per heavy atom. The smallest absolute Gasteiger partial charge is 0.249 e. The fraction of sp³-hybridized carbons (Fsp3) is 0.278. The molecule has 7 heteroatoms. The Morgan fingerprint density at radius 3 is 2.64 bits per heavy atom. The van der Waals surface area contributed by atoms with Crippen molar-refractivity contribution >= 4 is 5.69 Å². The number of rotatable bonds is 3. The van der Waals surface area contributed by atoms with Crippen LogP contribution in [0, 0.1) is 18.3 Å². The molecule has 1 saturated heterocycles. The van der Waals surface area contributed by atoms with E-state index in [-0.39, 0.29) is 6.04 Å². The van der Waals surface area contributed by atoms with Crippen molar-refractivity contribution in [3.8, 4) is 17.7 Å². The summed E-state index contributed by atoms with van der Waals surface area (Å²) in [6.07, 6.45) is 5.45. The topological polar surface area (TPSA) is 91.7 Å². The van der Waals surface area contributed by atoms with Crippen molar-refractivity contribution in [1.82, 2.24) is 20.1 Å². The van der Waals surface area contributed by atoms with Crippen molar-refractivity contribution < 1.29 is 4.52 Å². The van der Waals surface area contributed by atoms with Gasteiger partial charge in [-0.05, 0) is 49.6 Å². The maximum atomic E-state index is 8.94. The molecule has 7 nitrogen and oxygen atoms in total. The Morgan fingerprint density at radius 1 is 1.16 bits per heavy atom. The highest BCUT2D eigenvalue weighted by atomic mass is 16.5. The van der Waals surface area contributed by atoms with E-state index in [1.54, 1.807) is 12.4 Å². The summed E-state index contributed by atoms with van der Waals surface area (Å²) < 4.78 is 5.49. The summed E-state index contributed by atoms with van der Waals surface area (Å²) in [5.74, 6) is 1.44. The van der Waals surface area contributed by atoms with Crippen LogP contribution in [-0.2, 0) is 0 Å². The molecule has 0 saturated carbocycles. The lowest BCUT2D eigenvalue weighted by molar-refractivity contribution is 0.355. The van der Waals surface area contributed by atoms with Gasteiger partial charge in [0, 0.05) is 24.6 Å². The Bertz CT molecular complexity index is 910. The molecule has 2 aromatic heterocycles. The first-order chi connectivity index (χ1) is 12.2. The largest absolute Gasteiger partial charge is 0.360 e. The first-order valence-corrected chi connectivity index (χ1v) is 8.14. The van der Waals surface area contributed by atoms with Gasteiger partial charge < -0.3 is 9.42 Å². The third-order valence-corrected chi connectivity index (χ3v) is 4.29. The minimum absolute atomic E-state index is 0.0274. The van der Waals surface area contributed by atoms with Crippen LogP contribution in [0.2, 0.25) is 0 Å². The van der Waals surface area contributed by atoms with Crippen LogP contribution in [0.1, 0.15) is 35.9 Å². The average molecular weight is 332 g/mol. The number of aromatic nitrogens is 4. The molecule has 1 fully saturated rings. The van der Waals surface area contributed by atoms with Gasteiger partial charge in [0.25, 0.3) is 0 Å². The highest BCUT2D eigenvalue weighted by Crippen LogP contribution is 2.35. The van der Waals surface area contributed by atoms with Gasteiger partial charge in [-0.15, -0.1) is 0 Å². The molecule has 1 aliphatic heterocycles. The first kappa shape index (κ1) is 15.3. The molecule has 1 aromatic carbocycles. The van der Waals surface area contributed by atoms with Crippen LogP contribution >= 0.6 is 0 Å². The number of benzene rings is 1. The average Bonchev–Trinajstić information content (AvgIpc) is 3.31. The lowest BCUT2D eigenvalue weighted by Crippen LogP contribution is -2.22. The summed E-state index contributed by atoms with van der Waals surface area (Å²) in [7, 11) is 0. The van der Waals surface area contributed by atoms with E-state index in [2.05, 4.69) is 31.1 Å². The van der Waals surface area contributed by atoms with E-state index in [0.29, 0.717) is 23.1 Å². The molecule has 0 N–H and O–H groups in total. The van der Waals surface area contributed by atoms with Gasteiger partial charge in [0.2, 0.25) is 17.5 Å². The number of nitrogens with zero attached hydrogens (tertiary/aromatic N) is 6. The quantitative estimate of drug-likeness (QED) is 0.728. The second-order valence-electron chi connectivity index (χ2n) is 6.05. The summed E-state index contributed by atoms with van der Waals surface area (Å²) in [6, 6.07) is 9.73. The van der Waals surface area contributed by atoms with E-state index >= 15 is 0 Å². The fourth-order valence-electron chi connectivity index (χ4n) is 3.03. The monoisotopic (exact) mass is 332 g/mol. The molecule has 1 aliphatic rings. The van der Waals surface area contributed by atoms with Crippen molar-refractivity contribution in [2.24, 2.45) is 0 Å². The van der Waals surface area contributed by atoms with Crippen molar-refractivity contribution in [3.05, 3.63) is 53.7 Å². The summed E-state index contributed by atoms with van der Waals surface area (Å²) in [6.45, 7) is 2.84. The number of anilines is 1. The van der Waals surface area contributed by atoms with E-state index in [4.69, 9.17) is 9.78 Å². The minimum Gasteiger partial charge on any atom is -0.360 e. The van der Waals surface area contributed by atoms with Crippen LogP contribution in [0.4, 0.5) is 5.69 Å². The number of hydrogen-bond donors (Lipinski definition) is 0. The summed E-state index contributed by atoms with van der Waals surface area (Å²) in [4.78, 5) is 15.2. The van der Waals surface area contributed by atoms with Gasteiger partial charge in [-0.1, -0.05) is 5.16 Å². The lowest BCUT2D eigenvalue weighted by atomic mass is 10.2. The maximum absolute atomic E-state index is 8.94. The molecule has 4 rings (SSSR count). The predicted molar refractivity (Wildman–Crippen MR) is 90.5 cm³/mol. The molecule has 3 heterocycles. The van der Waals surface area contributed by atoms with E-state index < -0.39 is 0 Å². The normalized spacial score (nSPS) is 16.8. The Labute approximate surface area is 145 Å².